The molecule has 2 aromatic rings. The molecular weight excluding hydrogens is 302 g/mol. The molecule has 0 unspecified atom stereocenters. The van der Waals surface area contributed by atoms with Gasteiger partial charge in [-0.2, -0.15) is 4.68 Å². The van der Waals surface area contributed by atoms with Gasteiger partial charge in [0.25, 0.3) is 0 Å². The van der Waals surface area contributed by atoms with Crippen LogP contribution in [0.1, 0.15) is 39.3 Å². The van der Waals surface area contributed by atoms with Gasteiger partial charge in [0.2, 0.25) is 0 Å². The van der Waals surface area contributed by atoms with Gasteiger partial charge in [0.15, 0.2) is 5.49 Å². The van der Waals surface area contributed by atoms with Crippen LogP contribution in [0, 0.1) is 10.8 Å². The van der Waals surface area contributed by atoms with Gasteiger partial charge in [-0.3, -0.25) is 15.8 Å². The molecule has 0 aliphatic rings. The molecule has 0 bridgehead atoms. The minimum atomic E-state index is 0.161. The summed E-state index contributed by atoms with van der Waals surface area (Å²) in [4.78, 5) is 4.27. The van der Waals surface area contributed by atoms with E-state index in [1.54, 1.807) is 13.1 Å². The quantitative estimate of drug-likeness (QED) is 0.464. The van der Waals surface area contributed by atoms with Crippen LogP contribution in [0.15, 0.2) is 30.5 Å². The summed E-state index contributed by atoms with van der Waals surface area (Å²) in [6, 6.07) is 7.87. The van der Waals surface area contributed by atoms with Crippen LogP contribution in [-0.4, -0.2) is 26.6 Å². The maximum atomic E-state index is 8.26. The van der Waals surface area contributed by atoms with E-state index in [-0.39, 0.29) is 11.3 Å². The third kappa shape index (κ3) is 4.41. The lowest BCUT2D eigenvalue weighted by Gasteiger charge is -2.18. The molecule has 0 atom stereocenters. The van der Waals surface area contributed by atoms with Gasteiger partial charge >= 0.3 is 0 Å². The van der Waals surface area contributed by atoms with Gasteiger partial charge in [-0.15, -0.1) is 5.10 Å². The maximum Gasteiger partial charge on any atom is 0.171 e. The van der Waals surface area contributed by atoms with E-state index in [0.29, 0.717) is 24.1 Å². The van der Waals surface area contributed by atoms with Crippen molar-refractivity contribution in [2.75, 3.05) is 10.6 Å². The second-order valence-electron chi connectivity index (χ2n) is 5.62. The van der Waals surface area contributed by atoms with Crippen molar-refractivity contribution in [2.24, 2.45) is 0 Å². The first-order valence-electron chi connectivity index (χ1n) is 8.20. The second kappa shape index (κ2) is 8.24. The van der Waals surface area contributed by atoms with E-state index < -0.39 is 0 Å². The molecule has 7 nitrogen and oxygen atoms in total. The first-order chi connectivity index (χ1) is 11.5. The molecule has 2 heterocycles. The Hall–Kier alpha value is -2.70. The van der Waals surface area contributed by atoms with Crippen LogP contribution in [0.5, 0.6) is 0 Å². The Morgan fingerprint density at radius 1 is 1.29 bits per heavy atom. The fourth-order valence-corrected chi connectivity index (χ4v) is 2.34. The lowest BCUT2D eigenvalue weighted by Crippen LogP contribution is -2.31. The molecule has 0 amide bonds. The van der Waals surface area contributed by atoms with E-state index in [1.165, 1.54) is 4.68 Å². The van der Waals surface area contributed by atoms with Crippen LogP contribution in [0.3, 0.4) is 0 Å². The molecule has 0 fully saturated rings. The Labute approximate surface area is 142 Å². The highest BCUT2D eigenvalue weighted by molar-refractivity contribution is 5.78. The molecule has 0 saturated carbocycles. The van der Waals surface area contributed by atoms with Crippen molar-refractivity contribution in [3.05, 3.63) is 41.6 Å². The number of rotatable bonds is 7. The predicted molar refractivity (Wildman–Crippen MR) is 96.4 cm³/mol. The van der Waals surface area contributed by atoms with Crippen LogP contribution in [0.2, 0.25) is 0 Å². The summed E-state index contributed by atoms with van der Waals surface area (Å²) in [6.45, 7) is 6.37. The summed E-state index contributed by atoms with van der Waals surface area (Å²) >= 11 is 0. The maximum absolute atomic E-state index is 8.26. The Balaban J connectivity index is 2.29. The summed E-state index contributed by atoms with van der Waals surface area (Å²) < 4.78 is 1.32. The predicted octanol–water partition coefficient (Wildman–Crippen LogP) is 2.82. The number of pyridine rings is 1. The largest absolute Gasteiger partial charge is 0.376 e. The fourth-order valence-electron chi connectivity index (χ4n) is 2.34. The van der Waals surface area contributed by atoms with E-state index in [1.807, 2.05) is 24.3 Å². The van der Waals surface area contributed by atoms with E-state index in [9.17, 15) is 0 Å². The summed E-state index contributed by atoms with van der Waals surface area (Å²) in [5.74, 6) is 0.865. The molecule has 2 rings (SSSR count). The molecule has 0 aliphatic heterocycles. The smallest absolute Gasteiger partial charge is 0.171 e. The topological polar surface area (TPSA) is 102 Å². The minimum absolute atomic E-state index is 0.161. The highest BCUT2D eigenvalue weighted by Gasteiger charge is 2.10. The van der Waals surface area contributed by atoms with Crippen LogP contribution in [-0.2, 0) is 6.54 Å². The minimum Gasteiger partial charge on any atom is -0.376 e. The molecule has 7 heteroatoms. The number of nitrogens with zero attached hydrogens (tertiary/aromatic N) is 3. The van der Waals surface area contributed by atoms with Crippen molar-refractivity contribution in [2.45, 2.75) is 46.2 Å². The van der Waals surface area contributed by atoms with Gasteiger partial charge in [-0.25, -0.2) is 0 Å². The lowest BCUT2D eigenvalue weighted by atomic mass is 10.2. The first kappa shape index (κ1) is 17.7. The van der Waals surface area contributed by atoms with Gasteiger partial charge in [0.05, 0.1) is 17.9 Å². The molecule has 0 aromatic carbocycles. The van der Waals surface area contributed by atoms with E-state index in [4.69, 9.17) is 10.8 Å². The van der Waals surface area contributed by atoms with Crippen molar-refractivity contribution >= 4 is 17.3 Å². The molecule has 2 aromatic heterocycles. The summed E-state index contributed by atoms with van der Waals surface area (Å²) in [7, 11) is 0. The standard InChI is InChI=1S/C17H25N7/c1-4-13(5-2)22-16-10-15(17(19)24(23-16)12(3)18)21-11-14-8-6-7-9-20-14/h6-10,13,18-19,21H,4-5,11H2,1-3H3,(H,22,23). The number of hydrogen-bond donors (Lipinski definition) is 4. The third-order valence-electron chi connectivity index (χ3n) is 3.80. The molecule has 24 heavy (non-hydrogen) atoms. The first-order valence-corrected chi connectivity index (χ1v) is 8.20. The van der Waals surface area contributed by atoms with Crippen LogP contribution in [0.25, 0.3) is 0 Å². The van der Waals surface area contributed by atoms with E-state index in [2.05, 4.69) is 34.6 Å². The zero-order chi connectivity index (χ0) is 17.5. The summed E-state index contributed by atoms with van der Waals surface area (Å²) in [5.41, 5.74) is 1.67. The lowest BCUT2D eigenvalue weighted by molar-refractivity contribution is 0.662. The van der Waals surface area contributed by atoms with Gasteiger partial charge in [-0.05, 0) is 31.9 Å². The van der Waals surface area contributed by atoms with Gasteiger partial charge in [0, 0.05) is 18.3 Å². The van der Waals surface area contributed by atoms with Crippen molar-refractivity contribution in [3.8, 4) is 0 Å². The van der Waals surface area contributed by atoms with Crippen LogP contribution in [0.4, 0.5) is 11.5 Å². The number of nitrogens with one attached hydrogen (secondary N) is 4. The molecule has 0 radical (unpaired) electrons. The van der Waals surface area contributed by atoms with E-state index in [0.717, 1.165) is 18.5 Å². The second-order valence-corrected chi connectivity index (χ2v) is 5.62. The Bertz CT molecular complexity index is 732. The van der Waals surface area contributed by atoms with Crippen molar-refractivity contribution in [1.29, 1.82) is 10.8 Å². The highest BCUT2D eigenvalue weighted by atomic mass is 15.3. The summed E-state index contributed by atoms with van der Waals surface area (Å²) in [6.07, 6.45) is 3.72. The normalized spacial score (nSPS) is 10.7. The van der Waals surface area contributed by atoms with Gasteiger partial charge in [-0.1, -0.05) is 19.9 Å². The Kier molecular flexibility index (Phi) is 6.06. The number of anilines is 2. The molecule has 0 saturated heterocycles. The van der Waals surface area contributed by atoms with Gasteiger partial charge in [0.1, 0.15) is 11.7 Å². The fraction of sp³-hybridized carbons (Fsp3) is 0.412. The SMILES string of the molecule is CCC(CC)Nc1cc(NCc2ccccn2)c(=N)n(C(C)=N)n1. The highest BCUT2D eigenvalue weighted by Crippen LogP contribution is 2.12. The monoisotopic (exact) mass is 327 g/mol. The zero-order valence-electron chi connectivity index (χ0n) is 14.4. The molecule has 0 spiro atoms. The third-order valence-corrected chi connectivity index (χ3v) is 3.80. The number of hydrogen-bond acceptors (Lipinski definition) is 6. The Morgan fingerprint density at radius 3 is 2.62 bits per heavy atom. The average Bonchev–Trinajstić information content (AvgIpc) is 2.60. The number of aromatic nitrogens is 3. The van der Waals surface area contributed by atoms with Crippen molar-refractivity contribution < 1.29 is 0 Å². The summed E-state index contributed by atoms with van der Waals surface area (Å²) in [5, 5.41) is 27.1. The molecular formula is C17H25N7. The van der Waals surface area contributed by atoms with Gasteiger partial charge < -0.3 is 10.6 Å². The zero-order valence-corrected chi connectivity index (χ0v) is 14.4. The Morgan fingerprint density at radius 2 is 2.04 bits per heavy atom. The van der Waals surface area contributed by atoms with Crippen molar-refractivity contribution in [1.82, 2.24) is 14.8 Å². The molecule has 4 N–H and O–H groups in total. The molecule has 128 valence electrons. The van der Waals surface area contributed by atoms with Crippen LogP contribution < -0.4 is 16.1 Å². The van der Waals surface area contributed by atoms with Crippen molar-refractivity contribution in [3.63, 3.8) is 0 Å². The average molecular weight is 327 g/mol. The molecule has 0 aliphatic carbocycles. The van der Waals surface area contributed by atoms with Crippen LogP contribution >= 0.6 is 0 Å². The van der Waals surface area contributed by atoms with E-state index >= 15 is 0 Å².